The molecule has 1 aromatic heterocycles. The SMILES string of the molecule is C/C=C/c1nc(/C=C\CC)c(C)c(N(C)C)n1.CC. The average molecular weight is 261 g/mol. The lowest BCUT2D eigenvalue weighted by molar-refractivity contribution is 0.995. The van der Waals surface area contributed by atoms with Gasteiger partial charge in [0, 0.05) is 19.7 Å². The quantitative estimate of drug-likeness (QED) is 0.807. The lowest BCUT2D eigenvalue weighted by atomic mass is 10.2. The summed E-state index contributed by atoms with van der Waals surface area (Å²) in [5, 5.41) is 0. The van der Waals surface area contributed by atoms with Gasteiger partial charge in [0.1, 0.15) is 5.82 Å². The fourth-order valence-corrected chi connectivity index (χ4v) is 1.59. The van der Waals surface area contributed by atoms with E-state index < -0.39 is 0 Å². The predicted molar refractivity (Wildman–Crippen MR) is 86.5 cm³/mol. The summed E-state index contributed by atoms with van der Waals surface area (Å²) in [5.74, 6) is 1.74. The molecule has 0 fully saturated rings. The summed E-state index contributed by atoms with van der Waals surface area (Å²) < 4.78 is 0. The van der Waals surface area contributed by atoms with E-state index in [4.69, 9.17) is 0 Å². The van der Waals surface area contributed by atoms with Crippen LogP contribution in [0.2, 0.25) is 0 Å². The van der Waals surface area contributed by atoms with Crippen LogP contribution in [0.1, 0.15) is 51.2 Å². The third kappa shape index (κ3) is 5.25. The first-order valence-corrected chi connectivity index (χ1v) is 6.95. The molecule has 0 spiro atoms. The van der Waals surface area contributed by atoms with Crippen molar-refractivity contribution in [3.63, 3.8) is 0 Å². The topological polar surface area (TPSA) is 29.0 Å². The molecule has 0 N–H and O–H groups in total. The lowest BCUT2D eigenvalue weighted by Gasteiger charge is -2.16. The van der Waals surface area contributed by atoms with Crippen molar-refractivity contribution in [2.45, 2.75) is 41.0 Å². The van der Waals surface area contributed by atoms with E-state index in [1.165, 1.54) is 0 Å². The van der Waals surface area contributed by atoms with Crippen molar-refractivity contribution in [3.8, 4) is 0 Å². The van der Waals surface area contributed by atoms with Crippen molar-refractivity contribution in [3.05, 3.63) is 29.2 Å². The summed E-state index contributed by atoms with van der Waals surface area (Å²) in [6.07, 6.45) is 9.08. The zero-order valence-corrected chi connectivity index (χ0v) is 13.4. The van der Waals surface area contributed by atoms with Gasteiger partial charge >= 0.3 is 0 Å². The van der Waals surface area contributed by atoms with Crippen LogP contribution in [0.3, 0.4) is 0 Å². The average Bonchev–Trinajstić information content (AvgIpc) is 2.41. The van der Waals surface area contributed by atoms with Gasteiger partial charge in [0.2, 0.25) is 0 Å². The van der Waals surface area contributed by atoms with Gasteiger partial charge in [-0.1, -0.05) is 32.9 Å². The van der Waals surface area contributed by atoms with Gasteiger partial charge in [-0.2, -0.15) is 0 Å². The molecule has 1 heterocycles. The van der Waals surface area contributed by atoms with E-state index in [1.54, 1.807) is 0 Å². The number of allylic oxidation sites excluding steroid dienone is 2. The highest BCUT2D eigenvalue weighted by Crippen LogP contribution is 2.19. The first kappa shape index (κ1) is 17.4. The van der Waals surface area contributed by atoms with Crippen molar-refractivity contribution in [2.24, 2.45) is 0 Å². The van der Waals surface area contributed by atoms with E-state index in [0.29, 0.717) is 0 Å². The first-order chi connectivity index (χ1) is 9.10. The van der Waals surface area contributed by atoms with Crippen LogP contribution in [0.5, 0.6) is 0 Å². The van der Waals surface area contributed by atoms with Gasteiger partial charge in [-0.05, 0) is 32.4 Å². The summed E-state index contributed by atoms with van der Waals surface area (Å²) >= 11 is 0. The predicted octanol–water partition coefficient (Wildman–Crippen LogP) is 4.33. The molecule has 0 aromatic carbocycles. The minimum Gasteiger partial charge on any atom is -0.362 e. The number of hydrogen-bond acceptors (Lipinski definition) is 3. The molecular formula is C16H27N3. The molecule has 0 aliphatic heterocycles. The Morgan fingerprint density at radius 2 is 1.74 bits per heavy atom. The summed E-state index contributed by atoms with van der Waals surface area (Å²) in [4.78, 5) is 11.1. The minimum absolute atomic E-state index is 0.762. The molecule has 106 valence electrons. The van der Waals surface area contributed by atoms with Crippen LogP contribution < -0.4 is 4.90 Å². The van der Waals surface area contributed by atoms with Gasteiger partial charge in [-0.3, -0.25) is 0 Å². The number of hydrogen-bond donors (Lipinski definition) is 0. The zero-order valence-electron chi connectivity index (χ0n) is 13.4. The van der Waals surface area contributed by atoms with Gasteiger partial charge in [0.15, 0.2) is 5.82 Å². The second-order valence-corrected chi connectivity index (χ2v) is 4.12. The minimum atomic E-state index is 0.762. The Bertz CT molecular complexity index is 432. The van der Waals surface area contributed by atoms with E-state index in [9.17, 15) is 0 Å². The second kappa shape index (κ2) is 9.31. The van der Waals surface area contributed by atoms with Crippen molar-refractivity contribution >= 4 is 18.0 Å². The van der Waals surface area contributed by atoms with E-state index in [0.717, 1.165) is 29.3 Å². The fraction of sp³-hybridized carbons (Fsp3) is 0.500. The number of rotatable bonds is 4. The molecule has 1 aromatic rings. The van der Waals surface area contributed by atoms with Crippen LogP contribution in [0.25, 0.3) is 12.2 Å². The normalized spacial score (nSPS) is 10.7. The highest BCUT2D eigenvalue weighted by molar-refractivity contribution is 5.60. The fourth-order valence-electron chi connectivity index (χ4n) is 1.59. The Morgan fingerprint density at radius 1 is 1.11 bits per heavy atom. The Hall–Kier alpha value is -1.64. The van der Waals surface area contributed by atoms with Gasteiger partial charge < -0.3 is 4.90 Å². The van der Waals surface area contributed by atoms with E-state index in [1.807, 2.05) is 51.9 Å². The van der Waals surface area contributed by atoms with Crippen molar-refractivity contribution in [1.29, 1.82) is 0 Å². The molecule has 3 nitrogen and oxygen atoms in total. The molecule has 0 atom stereocenters. The second-order valence-electron chi connectivity index (χ2n) is 4.12. The Morgan fingerprint density at radius 3 is 2.21 bits per heavy atom. The van der Waals surface area contributed by atoms with Gasteiger partial charge in [-0.25, -0.2) is 9.97 Å². The number of nitrogens with zero attached hydrogens (tertiary/aromatic N) is 3. The molecule has 3 heteroatoms. The van der Waals surface area contributed by atoms with Crippen molar-refractivity contribution in [2.75, 3.05) is 19.0 Å². The molecule has 0 bridgehead atoms. The Labute approximate surface area is 118 Å². The first-order valence-electron chi connectivity index (χ1n) is 6.95. The maximum absolute atomic E-state index is 4.53. The molecular weight excluding hydrogens is 234 g/mol. The Balaban J connectivity index is 0.00000154. The molecule has 19 heavy (non-hydrogen) atoms. The summed E-state index contributed by atoms with van der Waals surface area (Å²) in [6, 6.07) is 0. The van der Waals surface area contributed by atoms with Crippen LogP contribution in [-0.2, 0) is 0 Å². The smallest absolute Gasteiger partial charge is 0.154 e. The van der Waals surface area contributed by atoms with Crippen LogP contribution in [0.15, 0.2) is 12.2 Å². The van der Waals surface area contributed by atoms with E-state index in [2.05, 4.69) is 36.0 Å². The molecule has 0 radical (unpaired) electrons. The highest BCUT2D eigenvalue weighted by Gasteiger charge is 2.09. The lowest BCUT2D eigenvalue weighted by Crippen LogP contribution is -2.14. The monoisotopic (exact) mass is 261 g/mol. The molecule has 0 saturated heterocycles. The van der Waals surface area contributed by atoms with E-state index >= 15 is 0 Å². The third-order valence-corrected chi connectivity index (χ3v) is 2.43. The maximum atomic E-state index is 4.53. The summed E-state index contributed by atoms with van der Waals surface area (Å²) in [6.45, 7) is 10.1. The highest BCUT2D eigenvalue weighted by atomic mass is 15.2. The molecule has 0 aliphatic rings. The maximum Gasteiger partial charge on any atom is 0.154 e. The molecule has 0 amide bonds. The van der Waals surface area contributed by atoms with Crippen molar-refractivity contribution in [1.82, 2.24) is 9.97 Å². The standard InChI is InChI=1S/C14H21N3.C2H6/c1-6-8-10-12-11(3)14(17(4)5)16-13(15-12)9-7-2;1-2/h7-10H,6H2,1-5H3;1-2H3/b9-7+,10-8-;. The molecule has 0 saturated carbocycles. The van der Waals surface area contributed by atoms with Crippen molar-refractivity contribution < 1.29 is 0 Å². The van der Waals surface area contributed by atoms with E-state index in [-0.39, 0.29) is 0 Å². The Kier molecular flexibility index (Phi) is 8.51. The molecule has 1 rings (SSSR count). The molecule has 0 aliphatic carbocycles. The number of anilines is 1. The van der Waals surface area contributed by atoms with Gasteiger partial charge in [0.05, 0.1) is 5.69 Å². The summed E-state index contributed by atoms with van der Waals surface area (Å²) in [5.41, 5.74) is 2.12. The van der Waals surface area contributed by atoms with Crippen LogP contribution in [0, 0.1) is 6.92 Å². The third-order valence-electron chi connectivity index (χ3n) is 2.43. The van der Waals surface area contributed by atoms with Crippen LogP contribution in [-0.4, -0.2) is 24.1 Å². The largest absolute Gasteiger partial charge is 0.362 e. The van der Waals surface area contributed by atoms with Crippen LogP contribution in [0.4, 0.5) is 5.82 Å². The molecule has 0 unspecified atom stereocenters. The van der Waals surface area contributed by atoms with Gasteiger partial charge in [0.25, 0.3) is 0 Å². The number of aromatic nitrogens is 2. The van der Waals surface area contributed by atoms with Crippen LogP contribution >= 0.6 is 0 Å². The van der Waals surface area contributed by atoms with Gasteiger partial charge in [-0.15, -0.1) is 0 Å². The zero-order chi connectivity index (χ0) is 14.8. The summed E-state index contributed by atoms with van der Waals surface area (Å²) in [7, 11) is 4.00.